The quantitative estimate of drug-likeness (QED) is 0.868. The second-order valence-electron chi connectivity index (χ2n) is 4.39. The molecule has 6 heteroatoms. The van der Waals surface area contributed by atoms with Crippen molar-refractivity contribution in [3.8, 4) is 0 Å². The van der Waals surface area contributed by atoms with E-state index in [0.717, 1.165) is 16.8 Å². The predicted octanol–water partition coefficient (Wildman–Crippen LogP) is 1.39. The van der Waals surface area contributed by atoms with Gasteiger partial charge in [0.25, 0.3) is 5.91 Å². The highest BCUT2D eigenvalue weighted by molar-refractivity contribution is 9.11. The molecule has 1 saturated carbocycles. The number of halogens is 1. The number of carbonyl (C=O) groups is 1. The number of aromatic nitrogens is 1. The normalized spacial score (nSPS) is 31.9. The van der Waals surface area contributed by atoms with Gasteiger partial charge in [0, 0.05) is 18.6 Å². The van der Waals surface area contributed by atoms with Crippen LogP contribution in [0.1, 0.15) is 22.6 Å². The Morgan fingerprint density at radius 2 is 2.50 bits per heavy atom. The van der Waals surface area contributed by atoms with E-state index >= 15 is 0 Å². The Balaban J connectivity index is 1.65. The van der Waals surface area contributed by atoms with Crippen molar-refractivity contribution in [2.75, 3.05) is 6.54 Å². The number of amides is 1. The van der Waals surface area contributed by atoms with E-state index in [4.69, 9.17) is 0 Å². The molecule has 1 saturated heterocycles. The summed E-state index contributed by atoms with van der Waals surface area (Å²) in [6.45, 7) is 1.04. The molecule has 0 unspecified atom stereocenters. The van der Waals surface area contributed by atoms with Gasteiger partial charge in [-0.2, -0.15) is 0 Å². The first-order valence-corrected chi connectivity index (χ1v) is 6.99. The number of fused-ring (bicyclic) bond motifs is 2. The van der Waals surface area contributed by atoms with Gasteiger partial charge in [0.2, 0.25) is 0 Å². The molecule has 4 nitrogen and oxygen atoms in total. The van der Waals surface area contributed by atoms with Crippen LogP contribution in [0.5, 0.6) is 0 Å². The molecule has 1 aliphatic heterocycles. The van der Waals surface area contributed by atoms with E-state index in [9.17, 15) is 4.79 Å². The zero-order chi connectivity index (χ0) is 11.1. The largest absolute Gasteiger partial charge is 0.347 e. The Morgan fingerprint density at radius 3 is 3.06 bits per heavy atom. The smallest absolute Gasteiger partial charge is 0.280 e. The Bertz CT molecular complexity index is 422. The van der Waals surface area contributed by atoms with Crippen molar-refractivity contribution in [3.05, 3.63) is 15.0 Å². The number of rotatable bonds is 2. The number of hydrogen-bond donors (Lipinski definition) is 2. The average Bonchev–Trinajstić information content (AvgIpc) is 2.92. The third-order valence-corrected chi connectivity index (χ3v) is 4.83. The molecule has 2 fully saturated rings. The van der Waals surface area contributed by atoms with Gasteiger partial charge in [-0.15, -0.1) is 11.3 Å². The molecule has 1 amide bonds. The Hall–Kier alpha value is -0.460. The Kier molecular flexibility index (Phi) is 2.73. The van der Waals surface area contributed by atoms with Gasteiger partial charge in [0.1, 0.15) is 0 Å². The first-order chi connectivity index (χ1) is 7.72. The van der Waals surface area contributed by atoms with Gasteiger partial charge in [-0.1, -0.05) is 0 Å². The van der Waals surface area contributed by atoms with Crippen LogP contribution in [-0.4, -0.2) is 29.5 Å². The van der Waals surface area contributed by atoms with Gasteiger partial charge in [0.15, 0.2) is 5.01 Å². The van der Waals surface area contributed by atoms with Gasteiger partial charge in [-0.25, -0.2) is 4.98 Å². The van der Waals surface area contributed by atoms with Crippen molar-refractivity contribution in [2.24, 2.45) is 5.92 Å². The van der Waals surface area contributed by atoms with Crippen molar-refractivity contribution in [1.29, 1.82) is 0 Å². The van der Waals surface area contributed by atoms with Crippen LogP contribution < -0.4 is 10.6 Å². The molecule has 1 aromatic rings. The minimum atomic E-state index is -0.0340. The molecule has 86 valence electrons. The van der Waals surface area contributed by atoms with Crippen LogP contribution in [0.3, 0.4) is 0 Å². The zero-order valence-electron chi connectivity index (χ0n) is 8.57. The van der Waals surface area contributed by atoms with Crippen molar-refractivity contribution in [3.63, 3.8) is 0 Å². The van der Waals surface area contributed by atoms with Gasteiger partial charge in [-0.05, 0) is 34.7 Å². The SMILES string of the molecule is O=C(N[C@H]1C[C@H]2C[C@H]1CN2)c1ncc(Br)s1. The molecule has 0 radical (unpaired) electrons. The van der Waals surface area contributed by atoms with Crippen molar-refractivity contribution in [2.45, 2.75) is 24.9 Å². The van der Waals surface area contributed by atoms with Crippen LogP contribution in [0.2, 0.25) is 0 Å². The standard InChI is InChI=1S/C10H12BrN3OS/c11-8-4-13-10(16-8)9(15)14-7-2-6-1-5(7)3-12-6/h4-7,12H,1-3H2,(H,14,15)/t5-,6+,7-/m0/s1. The van der Waals surface area contributed by atoms with Crippen LogP contribution in [0.25, 0.3) is 0 Å². The molecule has 2 heterocycles. The Morgan fingerprint density at radius 1 is 1.62 bits per heavy atom. The number of nitrogens with zero attached hydrogens (tertiary/aromatic N) is 1. The van der Waals surface area contributed by atoms with Gasteiger partial charge >= 0.3 is 0 Å². The highest BCUT2D eigenvalue weighted by Crippen LogP contribution is 2.31. The molecule has 16 heavy (non-hydrogen) atoms. The van der Waals surface area contributed by atoms with Crippen LogP contribution in [0.15, 0.2) is 9.98 Å². The molecule has 1 aliphatic carbocycles. The Labute approximate surface area is 106 Å². The zero-order valence-corrected chi connectivity index (χ0v) is 11.0. The van der Waals surface area contributed by atoms with E-state index < -0.39 is 0 Å². The third kappa shape index (κ3) is 1.89. The topological polar surface area (TPSA) is 54.0 Å². The number of piperidine rings is 1. The molecule has 2 bridgehead atoms. The molecule has 3 rings (SSSR count). The summed E-state index contributed by atoms with van der Waals surface area (Å²) in [5.74, 6) is 0.575. The minimum absolute atomic E-state index is 0.0340. The lowest BCUT2D eigenvalue weighted by atomic mass is 10.0. The third-order valence-electron chi connectivity index (χ3n) is 3.35. The van der Waals surface area contributed by atoms with E-state index in [1.807, 2.05) is 0 Å². The second kappa shape index (κ2) is 4.09. The fourth-order valence-electron chi connectivity index (χ4n) is 2.60. The molecule has 0 aromatic carbocycles. The lowest BCUT2D eigenvalue weighted by Crippen LogP contribution is -2.44. The van der Waals surface area contributed by atoms with Crippen molar-refractivity contribution >= 4 is 33.2 Å². The molecule has 1 aromatic heterocycles. The van der Waals surface area contributed by atoms with E-state index in [2.05, 4.69) is 31.5 Å². The van der Waals surface area contributed by atoms with Gasteiger partial charge in [-0.3, -0.25) is 4.79 Å². The first-order valence-electron chi connectivity index (χ1n) is 5.38. The van der Waals surface area contributed by atoms with E-state index in [1.165, 1.54) is 17.8 Å². The van der Waals surface area contributed by atoms with Crippen LogP contribution >= 0.6 is 27.3 Å². The summed E-state index contributed by atoms with van der Waals surface area (Å²) in [4.78, 5) is 15.9. The maximum Gasteiger partial charge on any atom is 0.280 e. The fourth-order valence-corrected chi connectivity index (χ4v) is 3.71. The monoisotopic (exact) mass is 301 g/mol. The molecular weight excluding hydrogens is 290 g/mol. The molecule has 2 aliphatic rings. The van der Waals surface area contributed by atoms with Crippen LogP contribution in [0, 0.1) is 5.92 Å². The van der Waals surface area contributed by atoms with Gasteiger partial charge in [0.05, 0.1) is 9.98 Å². The minimum Gasteiger partial charge on any atom is -0.347 e. The first kappa shape index (κ1) is 10.7. The molecular formula is C10H12BrN3OS. The summed E-state index contributed by atoms with van der Waals surface area (Å²) in [5.41, 5.74) is 0. The lowest BCUT2D eigenvalue weighted by molar-refractivity contribution is 0.0924. The number of hydrogen-bond acceptors (Lipinski definition) is 4. The molecule has 3 atom stereocenters. The fraction of sp³-hybridized carbons (Fsp3) is 0.600. The summed E-state index contributed by atoms with van der Waals surface area (Å²) >= 11 is 4.69. The predicted molar refractivity (Wildman–Crippen MR) is 65.6 cm³/mol. The van der Waals surface area contributed by atoms with Crippen molar-refractivity contribution in [1.82, 2.24) is 15.6 Å². The van der Waals surface area contributed by atoms with E-state index in [-0.39, 0.29) is 5.91 Å². The summed E-state index contributed by atoms with van der Waals surface area (Å²) < 4.78 is 0.896. The lowest BCUT2D eigenvalue weighted by Gasteiger charge is -2.22. The number of carbonyl (C=O) groups excluding carboxylic acids is 1. The summed E-state index contributed by atoms with van der Waals surface area (Å²) in [5, 5.41) is 7.06. The van der Waals surface area contributed by atoms with Crippen LogP contribution in [0.4, 0.5) is 0 Å². The average molecular weight is 302 g/mol. The van der Waals surface area contributed by atoms with E-state index in [0.29, 0.717) is 23.0 Å². The van der Waals surface area contributed by atoms with Crippen LogP contribution in [-0.2, 0) is 0 Å². The van der Waals surface area contributed by atoms with E-state index in [1.54, 1.807) is 6.20 Å². The highest BCUT2D eigenvalue weighted by atomic mass is 79.9. The second-order valence-corrected chi connectivity index (χ2v) is 6.80. The molecule has 2 N–H and O–H groups in total. The highest BCUT2D eigenvalue weighted by Gasteiger charge is 2.40. The molecule has 0 spiro atoms. The number of nitrogens with one attached hydrogen (secondary N) is 2. The maximum absolute atomic E-state index is 11.9. The summed E-state index contributed by atoms with van der Waals surface area (Å²) in [6, 6.07) is 0.944. The van der Waals surface area contributed by atoms with Crippen molar-refractivity contribution < 1.29 is 4.79 Å². The summed E-state index contributed by atoms with van der Waals surface area (Å²) in [7, 11) is 0. The van der Waals surface area contributed by atoms with Gasteiger partial charge < -0.3 is 10.6 Å². The summed E-state index contributed by atoms with van der Waals surface area (Å²) in [6.07, 6.45) is 3.93. The number of thiazole rings is 1. The maximum atomic E-state index is 11.9.